The molecule has 1 aromatic rings. The molecule has 1 aliphatic rings. The molecule has 0 unspecified atom stereocenters. The highest BCUT2D eigenvalue weighted by molar-refractivity contribution is 5.87. The average Bonchev–Trinajstić information content (AvgIpc) is 2.34. The maximum atomic E-state index is 12.7. The van der Waals surface area contributed by atoms with Crippen LogP contribution in [0.2, 0.25) is 0 Å². The van der Waals surface area contributed by atoms with E-state index in [1.807, 2.05) is 0 Å². The summed E-state index contributed by atoms with van der Waals surface area (Å²) in [4.78, 5) is 11.4. The fraction of sp³-hybridized carbons (Fsp3) is 0.462. The summed E-state index contributed by atoms with van der Waals surface area (Å²) in [5.74, 6) is 0.143. The van der Waals surface area contributed by atoms with E-state index in [0.29, 0.717) is 13.2 Å². The molecule has 21 heavy (non-hydrogen) atoms. The van der Waals surface area contributed by atoms with Gasteiger partial charge in [-0.2, -0.15) is 13.2 Å². The number of ether oxygens (including phenoxy) is 3. The Morgan fingerprint density at radius 2 is 2.14 bits per heavy atom. The van der Waals surface area contributed by atoms with Crippen molar-refractivity contribution in [3.8, 4) is 5.75 Å². The zero-order chi connectivity index (χ0) is 15.5. The number of hydrogen-bond donors (Lipinski definition) is 1. The number of halogens is 3. The summed E-state index contributed by atoms with van der Waals surface area (Å²) in [6.45, 7) is 2.42. The number of amides is 1. The fourth-order valence-electron chi connectivity index (χ4n) is 1.65. The predicted molar refractivity (Wildman–Crippen MR) is 67.3 cm³/mol. The molecule has 0 saturated carbocycles. The summed E-state index contributed by atoms with van der Waals surface area (Å²) in [7, 11) is 0. The summed E-state index contributed by atoms with van der Waals surface area (Å²) < 4.78 is 53.2. The highest BCUT2D eigenvalue weighted by Gasteiger charge is 2.32. The maximum Gasteiger partial charge on any atom is 0.416 e. The number of hydrogen-bond acceptors (Lipinski definition) is 4. The van der Waals surface area contributed by atoms with E-state index in [9.17, 15) is 18.0 Å². The van der Waals surface area contributed by atoms with E-state index in [0.717, 1.165) is 12.1 Å². The van der Waals surface area contributed by atoms with Crippen molar-refractivity contribution >= 4 is 11.8 Å². The van der Waals surface area contributed by atoms with Gasteiger partial charge in [0.1, 0.15) is 11.9 Å². The van der Waals surface area contributed by atoms with Crippen molar-refractivity contribution in [3.05, 3.63) is 23.8 Å². The number of anilines is 1. The molecule has 1 aliphatic heterocycles. The van der Waals surface area contributed by atoms with Gasteiger partial charge in [0.15, 0.2) is 0 Å². The van der Waals surface area contributed by atoms with E-state index in [4.69, 9.17) is 9.47 Å². The fourth-order valence-corrected chi connectivity index (χ4v) is 1.65. The normalized spacial score (nSPS) is 15.2. The first-order valence-corrected chi connectivity index (χ1v) is 6.29. The molecule has 0 radical (unpaired) electrons. The molecule has 0 atom stereocenters. The van der Waals surface area contributed by atoms with Crippen molar-refractivity contribution < 1.29 is 32.2 Å². The molecule has 5 nitrogen and oxygen atoms in total. The molecule has 1 saturated heterocycles. The monoisotopic (exact) mass is 305 g/mol. The highest BCUT2D eigenvalue weighted by Crippen LogP contribution is 2.35. The zero-order valence-corrected chi connectivity index (χ0v) is 11.2. The Bertz CT molecular complexity index is 515. The van der Waals surface area contributed by atoms with Crippen LogP contribution in [0.15, 0.2) is 18.2 Å². The topological polar surface area (TPSA) is 56.8 Å². The third kappa shape index (κ3) is 4.01. The minimum absolute atomic E-state index is 0.0878. The Morgan fingerprint density at radius 1 is 1.43 bits per heavy atom. The van der Waals surface area contributed by atoms with Crippen molar-refractivity contribution in [3.63, 3.8) is 0 Å². The van der Waals surface area contributed by atoms with Crippen LogP contribution in [0.4, 0.5) is 23.7 Å². The van der Waals surface area contributed by atoms with Gasteiger partial charge in [-0.05, 0) is 25.1 Å². The molecule has 1 aromatic carbocycles. The number of nitrogens with one attached hydrogen (secondary N) is 1. The van der Waals surface area contributed by atoms with Crippen molar-refractivity contribution in [2.45, 2.75) is 19.2 Å². The second kappa shape index (κ2) is 6.21. The van der Waals surface area contributed by atoms with Crippen LogP contribution in [0.5, 0.6) is 5.75 Å². The van der Waals surface area contributed by atoms with E-state index in [1.165, 1.54) is 6.07 Å². The molecule has 0 spiro atoms. The van der Waals surface area contributed by atoms with Gasteiger partial charge in [0.05, 0.1) is 31.1 Å². The van der Waals surface area contributed by atoms with Gasteiger partial charge in [-0.15, -0.1) is 0 Å². The van der Waals surface area contributed by atoms with Crippen LogP contribution in [0.25, 0.3) is 0 Å². The van der Waals surface area contributed by atoms with Crippen molar-refractivity contribution in [2.75, 3.05) is 25.1 Å². The summed E-state index contributed by atoms with van der Waals surface area (Å²) in [6, 6.07) is 2.87. The van der Waals surface area contributed by atoms with Crippen LogP contribution in [0.1, 0.15) is 12.5 Å². The average molecular weight is 305 g/mol. The summed E-state index contributed by atoms with van der Waals surface area (Å²) >= 11 is 0. The first-order chi connectivity index (χ1) is 9.90. The minimum Gasteiger partial charge on any atom is -0.483 e. The Kier molecular flexibility index (Phi) is 4.56. The second-order valence-electron chi connectivity index (χ2n) is 4.33. The lowest BCUT2D eigenvalue weighted by molar-refractivity contribution is -0.137. The SMILES string of the molecule is CCOC(=O)Nc1cc(C(F)(F)F)ccc1OC1COC1. The van der Waals surface area contributed by atoms with Crippen LogP contribution in [0, 0.1) is 0 Å². The largest absolute Gasteiger partial charge is 0.483 e. The molecule has 0 aliphatic carbocycles. The predicted octanol–water partition coefficient (Wildman–Crippen LogP) is 3.05. The lowest BCUT2D eigenvalue weighted by atomic mass is 10.1. The molecular weight excluding hydrogens is 291 g/mol. The second-order valence-corrected chi connectivity index (χ2v) is 4.33. The number of carbonyl (C=O) groups excluding carboxylic acids is 1. The van der Waals surface area contributed by atoms with Gasteiger partial charge in [0, 0.05) is 0 Å². The summed E-state index contributed by atoms with van der Waals surface area (Å²) in [6.07, 6.45) is -5.58. The summed E-state index contributed by atoms with van der Waals surface area (Å²) in [5.41, 5.74) is -0.971. The molecule has 8 heteroatoms. The standard InChI is InChI=1S/C13H14F3NO4/c1-2-20-12(18)17-10-5-8(13(14,15)16)3-4-11(10)21-9-6-19-7-9/h3-5,9H,2,6-7H2,1H3,(H,17,18). The van der Waals surface area contributed by atoms with E-state index in [-0.39, 0.29) is 24.1 Å². The van der Waals surface area contributed by atoms with Gasteiger partial charge in [0.2, 0.25) is 0 Å². The molecule has 0 aromatic heterocycles. The van der Waals surface area contributed by atoms with Crippen molar-refractivity contribution in [2.24, 2.45) is 0 Å². The van der Waals surface area contributed by atoms with Gasteiger partial charge >= 0.3 is 12.3 Å². The maximum absolute atomic E-state index is 12.7. The third-order valence-electron chi connectivity index (χ3n) is 2.72. The van der Waals surface area contributed by atoms with Crippen LogP contribution < -0.4 is 10.1 Å². The van der Waals surface area contributed by atoms with Crippen LogP contribution >= 0.6 is 0 Å². The Balaban J connectivity index is 2.23. The van der Waals surface area contributed by atoms with Crippen LogP contribution in [0.3, 0.4) is 0 Å². The van der Waals surface area contributed by atoms with Crippen molar-refractivity contribution in [1.82, 2.24) is 0 Å². The number of rotatable bonds is 4. The van der Waals surface area contributed by atoms with Gasteiger partial charge in [0.25, 0.3) is 0 Å². The first kappa shape index (κ1) is 15.4. The highest BCUT2D eigenvalue weighted by atomic mass is 19.4. The van der Waals surface area contributed by atoms with E-state index < -0.39 is 17.8 Å². The van der Waals surface area contributed by atoms with E-state index >= 15 is 0 Å². The first-order valence-electron chi connectivity index (χ1n) is 6.29. The van der Waals surface area contributed by atoms with Gasteiger partial charge < -0.3 is 14.2 Å². The lowest BCUT2D eigenvalue weighted by Crippen LogP contribution is -2.38. The number of benzene rings is 1. The molecule has 0 bridgehead atoms. The molecule has 2 rings (SSSR count). The number of carbonyl (C=O) groups is 1. The van der Waals surface area contributed by atoms with Crippen LogP contribution in [-0.2, 0) is 15.7 Å². The molecular formula is C13H14F3NO4. The lowest BCUT2D eigenvalue weighted by Gasteiger charge is -2.28. The molecule has 1 fully saturated rings. The quantitative estimate of drug-likeness (QED) is 0.929. The Labute approximate surface area is 119 Å². The van der Waals surface area contributed by atoms with Crippen LogP contribution in [-0.4, -0.2) is 32.0 Å². The van der Waals surface area contributed by atoms with E-state index in [2.05, 4.69) is 10.1 Å². The minimum atomic E-state index is -4.51. The Hall–Kier alpha value is -1.96. The van der Waals surface area contributed by atoms with E-state index in [1.54, 1.807) is 6.92 Å². The molecule has 1 heterocycles. The number of alkyl halides is 3. The van der Waals surface area contributed by atoms with Gasteiger partial charge in [-0.25, -0.2) is 4.79 Å². The molecule has 1 N–H and O–H groups in total. The van der Waals surface area contributed by atoms with Crippen molar-refractivity contribution in [1.29, 1.82) is 0 Å². The summed E-state index contributed by atoms with van der Waals surface area (Å²) in [5, 5.41) is 2.25. The Morgan fingerprint density at radius 3 is 2.67 bits per heavy atom. The molecule has 1 amide bonds. The van der Waals surface area contributed by atoms with Gasteiger partial charge in [-0.1, -0.05) is 0 Å². The molecule has 116 valence electrons. The third-order valence-corrected chi connectivity index (χ3v) is 2.72. The smallest absolute Gasteiger partial charge is 0.416 e. The zero-order valence-electron chi connectivity index (χ0n) is 11.2. The van der Waals surface area contributed by atoms with Gasteiger partial charge in [-0.3, -0.25) is 5.32 Å².